The van der Waals surface area contributed by atoms with E-state index in [2.05, 4.69) is 20.3 Å². The standard InChI is InChI=1S/C10H17N3O2S/c1-15-10(14)3-6-16-7-5-11-8-9-2-4-12-13-9/h2,4,11H,3,5-8H2,1H3,(H,12,13). The molecular formula is C10H17N3O2S. The average Bonchev–Trinajstić information content (AvgIpc) is 2.80. The maximum Gasteiger partial charge on any atom is 0.306 e. The predicted molar refractivity (Wildman–Crippen MR) is 64.3 cm³/mol. The van der Waals surface area contributed by atoms with Gasteiger partial charge in [-0.3, -0.25) is 9.89 Å². The van der Waals surface area contributed by atoms with E-state index in [4.69, 9.17) is 0 Å². The van der Waals surface area contributed by atoms with Gasteiger partial charge in [0.25, 0.3) is 0 Å². The first-order valence-electron chi connectivity index (χ1n) is 5.16. The lowest BCUT2D eigenvalue weighted by molar-refractivity contribution is -0.140. The molecular weight excluding hydrogens is 226 g/mol. The number of ether oxygens (including phenoxy) is 1. The number of methoxy groups -OCH3 is 1. The summed E-state index contributed by atoms with van der Waals surface area (Å²) in [6, 6.07) is 1.94. The van der Waals surface area contributed by atoms with E-state index in [0.29, 0.717) is 6.42 Å². The minimum absolute atomic E-state index is 0.141. The number of nitrogens with one attached hydrogen (secondary N) is 2. The van der Waals surface area contributed by atoms with E-state index in [-0.39, 0.29) is 5.97 Å². The molecule has 0 amide bonds. The van der Waals surface area contributed by atoms with Crippen LogP contribution in [0.3, 0.4) is 0 Å². The maximum absolute atomic E-state index is 10.8. The predicted octanol–water partition coefficient (Wildman–Crippen LogP) is 0.796. The van der Waals surface area contributed by atoms with E-state index >= 15 is 0 Å². The molecule has 0 saturated heterocycles. The lowest BCUT2D eigenvalue weighted by atomic mass is 10.4. The van der Waals surface area contributed by atoms with Crippen molar-refractivity contribution in [2.45, 2.75) is 13.0 Å². The van der Waals surface area contributed by atoms with Gasteiger partial charge in [-0.1, -0.05) is 0 Å². The van der Waals surface area contributed by atoms with E-state index in [0.717, 1.165) is 30.3 Å². The number of aromatic amines is 1. The summed E-state index contributed by atoms with van der Waals surface area (Å²) < 4.78 is 4.55. The third kappa shape index (κ3) is 5.77. The summed E-state index contributed by atoms with van der Waals surface area (Å²) in [5.41, 5.74) is 1.08. The van der Waals surface area contributed by atoms with Crippen molar-refractivity contribution in [3.63, 3.8) is 0 Å². The fraction of sp³-hybridized carbons (Fsp3) is 0.600. The van der Waals surface area contributed by atoms with Crippen LogP contribution in [0.1, 0.15) is 12.1 Å². The number of carbonyl (C=O) groups excluding carboxylic acids is 1. The number of aromatic nitrogens is 2. The highest BCUT2D eigenvalue weighted by molar-refractivity contribution is 7.99. The SMILES string of the molecule is COC(=O)CCSCCNCc1ccn[nH]1. The molecule has 0 spiro atoms. The summed E-state index contributed by atoms with van der Waals surface area (Å²) in [7, 11) is 1.42. The van der Waals surface area contributed by atoms with E-state index in [1.54, 1.807) is 18.0 Å². The molecule has 0 fully saturated rings. The van der Waals surface area contributed by atoms with Crippen molar-refractivity contribution < 1.29 is 9.53 Å². The Morgan fingerprint density at radius 3 is 3.19 bits per heavy atom. The first-order valence-corrected chi connectivity index (χ1v) is 6.32. The molecule has 1 aromatic rings. The molecule has 1 aromatic heterocycles. The van der Waals surface area contributed by atoms with Gasteiger partial charge in [-0.2, -0.15) is 16.9 Å². The van der Waals surface area contributed by atoms with Crippen LogP contribution in [0.25, 0.3) is 0 Å². The second-order valence-electron chi connectivity index (χ2n) is 3.20. The summed E-state index contributed by atoms with van der Waals surface area (Å²) in [5.74, 6) is 1.67. The number of hydrogen-bond acceptors (Lipinski definition) is 5. The van der Waals surface area contributed by atoms with Gasteiger partial charge in [0.1, 0.15) is 0 Å². The van der Waals surface area contributed by atoms with Crippen molar-refractivity contribution in [3.8, 4) is 0 Å². The van der Waals surface area contributed by atoms with Gasteiger partial charge < -0.3 is 10.1 Å². The summed E-state index contributed by atoms with van der Waals surface area (Å²) in [6.45, 7) is 1.72. The summed E-state index contributed by atoms with van der Waals surface area (Å²) in [6.07, 6.45) is 2.23. The summed E-state index contributed by atoms with van der Waals surface area (Å²) in [5, 5.41) is 10.0. The average molecular weight is 243 g/mol. The van der Waals surface area contributed by atoms with Crippen LogP contribution in [0.2, 0.25) is 0 Å². The van der Waals surface area contributed by atoms with Crippen LogP contribution in [0.15, 0.2) is 12.3 Å². The highest BCUT2D eigenvalue weighted by Gasteiger charge is 1.99. The number of nitrogens with zero attached hydrogens (tertiary/aromatic N) is 1. The van der Waals surface area contributed by atoms with Gasteiger partial charge in [0.15, 0.2) is 0 Å². The number of carbonyl (C=O) groups is 1. The Kier molecular flexibility index (Phi) is 6.67. The summed E-state index contributed by atoms with van der Waals surface area (Å²) in [4.78, 5) is 10.8. The lowest BCUT2D eigenvalue weighted by Gasteiger charge is -2.02. The van der Waals surface area contributed by atoms with Gasteiger partial charge in [-0.15, -0.1) is 0 Å². The van der Waals surface area contributed by atoms with Crippen molar-refractivity contribution in [1.82, 2.24) is 15.5 Å². The van der Waals surface area contributed by atoms with Gasteiger partial charge >= 0.3 is 5.97 Å². The number of hydrogen-bond donors (Lipinski definition) is 2. The van der Waals surface area contributed by atoms with Gasteiger partial charge in [-0.05, 0) is 6.07 Å². The molecule has 1 rings (SSSR count). The lowest BCUT2D eigenvalue weighted by Crippen LogP contribution is -2.17. The molecule has 16 heavy (non-hydrogen) atoms. The molecule has 5 nitrogen and oxygen atoms in total. The Bertz CT molecular complexity index is 290. The molecule has 0 atom stereocenters. The molecule has 0 aliphatic heterocycles. The van der Waals surface area contributed by atoms with Crippen LogP contribution in [0.4, 0.5) is 0 Å². The highest BCUT2D eigenvalue weighted by atomic mass is 32.2. The molecule has 0 aromatic carbocycles. The minimum atomic E-state index is -0.141. The van der Waals surface area contributed by atoms with Crippen LogP contribution >= 0.6 is 11.8 Å². The van der Waals surface area contributed by atoms with Gasteiger partial charge in [-0.25, -0.2) is 0 Å². The van der Waals surface area contributed by atoms with Gasteiger partial charge in [0, 0.05) is 36.5 Å². The van der Waals surface area contributed by atoms with Crippen molar-refractivity contribution in [2.24, 2.45) is 0 Å². The highest BCUT2D eigenvalue weighted by Crippen LogP contribution is 2.02. The third-order valence-corrected chi connectivity index (χ3v) is 2.96. The molecule has 0 aliphatic carbocycles. The Labute approximate surface area is 99.3 Å². The third-order valence-electron chi connectivity index (χ3n) is 1.98. The van der Waals surface area contributed by atoms with Crippen LogP contribution in [0.5, 0.6) is 0 Å². The first kappa shape index (κ1) is 13.1. The van der Waals surface area contributed by atoms with Crippen LogP contribution in [0, 0.1) is 0 Å². The topological polar surface area (TPSA) is 67.0 Å². The Balaban J connectivity index is 1.87. The number of H-pyrrole nitrogens is 1. The van der Waals surface area contributed by atoms with Gasteiger partial charge in [0.05, 0.1) is 13.5 Å². The maximum atomic E-state index is 10.8. The zero-order valence-corrected chi connectivity index (χ0v) is 10.2. The Morgan fingerprint density at radius 2 is 2.50 bits per heavy atom. The van der Waals surface area contributed by atoms with Crippen LogP contribution in [-0.2, 0) is 16.1 Å². The van der Waals surface area contributed by atoms with Crippen molar-refractivity contribution >= 4 is 17.7 Å². The normalized spacial score (nSPS) is 10.3. The van der Waals surface area contributed by atoms with Crippen molar-refractivity contribution in [2.75, 3.05) is 25.2 Å². The number of thioether (sulfide) groups is 1. The zero-order valence-electron chi connectivity index (χ0n) is 9.36. The fourth-order valence-electron chi connectivity index (χ4n) is 1.11. The molecule has 0 radical (unpaired) electrons. The fourth-order valence-corrected chi connectivity index (χ4v) is 1.91. The smallest absolute Gasteiger partial charge is 0.306 e. The van der Waals surface area contributed by atoms with E-state index in [1.165, 1.54) is 7.11 Å². The van der Waals surface area contributed by atoms with Crippen LogP contribution in [-0.4, -0.2) is 41.3 Å². The van der Waals surface area contributed by atoms with Crippen molar-refractivity contribution in [3.05, 3.63) is 18.0 Å². The summed E-state index contributed by atoms with van der Waals surface area (Å²) >= 11 is 1.74. The largest absolute Gasteiger partial charge is 0.469 e. The zero-order chi connectivity index (χ0) is 11.6. The van der Waals surface area contributed by atoms with Crippen LogP contribution < -0.4 is 5.32 Å². The quantitative estimate of drug-likeness (QED) is 0.522. The first-order chi connectivity index (χ1) is 7.83. The molecule has 0 bridgehead atoms. The molecule has 0 aliphatic rings. The Hall–Kier alpha value is -1.01. The molecule has 0 saturated carbocycles. The van der Waals surface area contributed by atoms with E-state index < -0.39 is 0 Å². The molecule has 6 heteroatoms. The molecule has 0 unspecified atom stereocenters. The second-order valence-corrected chi connectivity index (χ2v) is 4.42. The second kappa shape index (κ2) is 8.18. The Morgan fingerprint density at radius 1 is 1.62 bits per heavy atom. The number of esters is 1. The van der Waals surface area contributed by atoms with E-state index in [9.17, 15) is 4.79 Å². The monoisotopic (exact) mass is 243 g/mol. The molecule has 90 valence electrons. The van der Waals surface area contributed by atoms with E-state index in [1.807, 2.05) is 6.07 Å². The van der Waals surface area contributed by atoms with Crippen molar-refractivity contribution in [1.29, 1.82) is 0 Å². The molecule has 1 heterocycles. The van der Waals surface area contributed by atoms with Gasteiger partial charge in [0.2, 0.25) is 0 Å². The minimum Gasteiger partial charge on any atom is -0.469 e. The molecule has 2 N–H and O–H groups in total. The number of rotatable bonds is 8.